The molecule has 0 saturated heterocycles. The highest BCUT2D eigenvalue weighted by atomic mass is 32.2. The van der Waals surface area contributed by atoms with Gasteiger partial charge in [0, 0.05) is 18.6 Å². The zero-order valence-electron chi connectivity index (χ0n) is 6.75. The van der Waals surface area contributed by atoms with Crippen molar-refractivity contribution in [2.45, 2.75) is 5.03 Å². The molecule has 0 saturated carbocycles. The molecule has 2 aromatic heterocycles. The normalized spacial score (nSPS) is 12.1. The van der Waals surface area contributed by atoms with Gasteiger partial charge >= 0.3 is 0 Å². The maximum absolute atomic E-state index is 11.2. The van der Waals surface area contributed by atoms with Crippen LogP contribution >= 0.6 is 0 Å². The van der Waals surface area contributed by atoms with E-state index in [0.717, 1.165) is 6.26 Å². The minimum absolute atomic E-state index is 0.0486. The molecule has 0 spiro atoms. The lowest BCUT2D eigenvalue weighted by Crippen LogP contribution is -2.05. The quantitative estimate of drug-likeness (QED) is 0.619. The molecule has 0 amide bonds. The summed E-state index contributed by atoms with van der Waals surface area (Å²) >= 11 is 0. The van der Waals surface area contributed by atoms with Gasteiger partial charge in [0.1, 0.15) is 6.33 Å². The van der Waals surface area contributed by atoms with Gasteiger partial charge in [0.2, 0.25) is 5.03 Å². The fourth-order valence-corrected chi connectivity index (χ4v) is 1.71. The van der Waals surface area contributed by atoms with Crippen LogP contribution in [0.25, 0.3) is 5.65 Å². The molecule has 0 N–H and O–H groups in total. The van der Waals surface area contributed by atoms with E-state index in [4.69, 9.17) is 0 Å². The number of imidazole rings is 1. The summed E-state index contributed by atoms with van der Waals surface area (Å²) in [6, 6.07) is 0. The maximum atomic E-state index is 11.2. The smallest absolute Gasteiger partial charge is 0.201 e. The van der Waals surface area contributed by atoms with E-state index in [-0.39, 0.29) is 10.7 Å². The minimum Gasteiger partial charge on any atom is -0.233 e. The molecule has 68 valence electrons. The fourth-order valence-electron chi connectivity index (χ4n) is 0.996. The van der Waals surface area contributed by atoms with E-state index < -0.39 is 9.84 Å². The number of hydrogen-bond acceptors (Lipinski definition) is 5. The van der Waals surface area contributed by atoms with Crippen LogP contribution in [0.1, 0.15) is 0 Å². The Labute approximate surface area is 74.2 Å². The number of hydrogen-bond donors (Lipinski definition) is 0. The lowest BCUT2D eigenvalue weighted by atomic mass is 10.8. The Kier molecular flexibility index (Phi) is 1.56. The third-order valence-corrected chi connectivity index (χ3v) is 2.51. The highest BCUT2D eigenvalue weighted by Gasteiger charge is 2.14. The Morgan fingerprint density at radius 2 is 2.15 bits per heavy atom. The van der Waals surface area contributed by atoms with E-state index in [9.17, 15) is 8.42 Å². The minimum atomic E-state index is -3.33. The van der Waals surface area contributed by atoms with Gasteiger partial charge in [0.05, 0.1) is 0 Å². The van der Waals surface area contributed by atoms with E-state index >= 15 is 0 Å². The zero-order valence-corrected chi connectivity index (χ0v) is 7.56. The summed E-state index contributed by atoms with van der Waals surface area (Å²) in [5, 5.41) is 3.75. The van der Waals surface area contributed by atoms with Gasteiger partial charge in [-0.1, -0.05) is 0 Å². The summed E-state index contributed by atoms with van der Waals surface area (Å²) in [5.41, 5.74) is 0.255. The highest BCUT2D eigenvalue weighted by Crippen LogP contribution is 2.09. The lowest BCUT2D eigenvalue weighted by molar-refractivity contribution is 0.597. The average molecular weight is 198 g/mol. The van der Waals surface area contributed by atoms with Crippen LogP contribution in [0, 0.1) is 0 Å². The van der Waals surface area contributed by atoms with E-state index in [2.05, 4.69) is 15.1 Å². The summed E-state index contributed by atoms with van der Waals surface area (Å²) < 4.78 is 23.8. The second kappa shape index (κ2) is 2.49. The Bertz CT molecular complexity index is 545. The average Bonchev–Trinajstić information content (AvgIpc) is 2.48. The molecule has 2 rings (SSSR count). The van der Waals surface area contributed by atoms with Gasteiger partial charge in [0.25, 0.3) is 0 Å². The second-order valence-electron chi connectivity index (χ2n) is 2.53. The first-order valence-corrected chi connectivity index (χ1v) is 5.32. The molecule has 0 bridgehead atoms. The predicted molar refractivity (Wildman–Crippen MR) is 43.9 cm³/mol. The molecule has 0 atom stereocenters. The van der Waals surface area contributed by atoms with Crippen molar-refractivity contribution in [1.29, 1.82) is 0 Å². The maximum Gasteiger partial charge on any atom is 0.201 e. The lowest BCUT2D eigenvalue weighted by Gasteiger charge is -1.97. The third kappa shape index (κ3) is 1.26. The number of sulfone groups is 1. The van der Waals surface area contributed by atoms with Gasteiger partial charge in [-0.3, -0.25) is 0 Å². The van der Waals surface area contributed by atoms with Crippen molar-refractivity contribution < 1.29 is 8.42 Å². The van der Waals surface area contributed by atoms with Gasteiger partial charge in [-0.05, 0) is 0 Å². The number of fused-ring (bicyclic) bond motifs is 1. The van der Waals surface area contributed by atoms with Gasteiger partial charge < -0.3 is 0 Å². The summed E-state index contributed by atoms with van der Waals surface area (Å²) in [5.74, 6) is 0. The van der Waals surface area contributed by atoms with Crippen molar-refractivity contribution in [3.05, 3.63) is 18.7 Å². The van der Waals surface area contributed by atoms with E-state index in [1.165, 1.54) is 17.0 Å². The van der Waals surface area contributed by atoms with Crippen molar-refractivity contribution in [2.24, 2.45) is 0 Å². The zero-order chi connectivity index (χ0) is 9.47. The van der Waals surface area contributed by atoms with Crippen LogP contribution in [0.4, 0.5) is 0 Å². The van der Waals surface area contributed by atoms with Crippen molar-refractivity contribution >= 4 is 15.5 Å². The summed E-state index contributed by atoms with van der Waals surface area (Å²) in [4.78, 5) is 7.51. The fraction of sp³-hybridized carbons (Fsp3) is 0.167. The van der Waals surface area contributed by atoms with Crippen molar-refractivity contribution in [3.8, 4) is 0 Å². The Balaban J connectivity index is 2.91. The molecule has 0 radical (unpaired) electrons. The first-order chi connectivity index (χ1) is 6.09. The molecule has 0 unspecified atom stereocenters. The Morgan fingerprint density at radius 1 is 1.38 bits per heavy atom. The van der Waals surface area contributed by atoms with E-state index in [1.54, 1.807) is 6.20 Å². The van der Waals surface area contributed by atoms with E-state index in [0.29, 0.717) is 0 Å². The summed E-state index contributed by atoms with van der Waals surface area (Å²) in [7, 11) is -3.33. The van der Waals surface area contributed by atoms with Crippen LogP contribution in [0.3, 0.4) is 0 Å². The van der Waals surface area contributed by atoms with Crippen molar-refractivity contribution in [2.75, 3.05) is 6.26 Å². The van der Waals surface area contributed by atoms with Crippen LogP contribution in [-0.4, -0.2) is 34.3 Å². The van der Waals surface area contributed by atoms with Crippen LogP contribution in [-0.2, 0) is 9.84 Å². The highest BCUT2D eigenvalue weighted by molar-refractivity contribution is 7.90. The molecule has 0 aliphatic heterocycles. The molecule has 13 heavy (non-hydrogen) atoms. The Hall–Kier alpha value is -1.50. The monoisotopic (exact) mass is 198 g/mol. The first-order valence-electron chi connectivity index (χ1n) is 3.43. The van der Waals surface area contributed by atoms with Crippen LogP contribution in [0.5, 0.6) is 0 Å². The Morgan fingerprint density at radius 3 is 2.85 bits per heavy atom. The molecule has 0 aliphatic rings. The largest absolute Gasteiger partial charge is 0.233 e. The molecule has 6 nitrogen and oxygen atoms in total. The molecule has 0 fully saturated rings. The molecule has 0 aromatic carbocycles. The molecule has 7 heteroatoms. The van der Waals surface area contributed by atoms with Gasteiger partial charge in [-0.2, -0.15) is 5.10 Å². The molecule has 0 aliphatic carbocycles. The number of aromatic nitrogens is 4. The number of rotatable bonds is 1. The predicted octanol–water partition coefficient (Wildman–Crippen LogP) is -0.472. The molecule has 2 aromatic rings. The standard InChI is InChI=1S/C6H6N4O2S/c1-13(11,12)6-5-7-2-3-10(5)9-4-8-6/h2-4H,1H3. The SMILES string of the molecule is CS(=O)(=O)c1ncnn2ccnc12. The van der Waals surface area contributed by atoms with Gasteiger partial charge in [0.15, 0.2) is 15.5 Å². The van der Waals surface area contributed by atoms with Crippen LogP contribution in [0.15, 0.2) is 23.7 Å². The van der Waals surface area contributed by atoms with Crippen LogP contribution < -0.4 is 0 Å². The molecule has 2 heterocycles. The van der Waals surface area contributed by atoms with Crippen molar-refractivity contribution in [1.82, 2.24) is 19.6 Å². The topological polar surface area (TPSA) is 77.2 Å². The number of nitrogens with zero attached hydrogens (tertiary/aromatic N) is 4. The van der Waals surface area contributed by atoms with Crippen molar-refractivity contribution in [3.63, 3.8) is 0 Å². The molecular formula is C6H6N4O2S. The van der Waals surface area contributed by atoms with Gasteiger partial charge in [-0.25, -0.2) is 22.9 Å². The second-order valence-corrected chi connectivity index (χ2v) is 4.46. The third-order valence-electron chi connectivity index (χ3n) is 1.52. The molecular weight excluding hydrogens is 192 g/mol. The first kappa shape index (κ1) is 8.11. The summed E-state index contributed by atoms with van der Waals surface area (Å²) in [6.07, 6.45) is 5.31. The van der Waals surface area contributed by atoms with Gasteiger partial charge in [-0.15, -0.1) is 0 Å². The van der Waals surface area contributed by atoms with E-state index in [1.807, 2.05) is 0 Å². The van der Waals surface area contributed by atoms with Crippen LogP contribution in [0.2, 0.25) is 0 Å². The summed E-state index contributed by atoms with van der Waals surface area (Å²) in [6.45, 7) is 0.